The number of aliphatic hydroxyl groups excluding tert-OH is 1. The summed E-state index contributed by atoms with van der Waals surface area (Å²) in [5.74, 6) is -0.103. The summed E-state index contributed by atoms with van der Waals surface area (Å²) in [6.07, 6.45) is 0.183. The molecule has 1 atom stereocenters. The summed E-state index contributed by atoms with van der Waals surface area (Å²) in [7, 11) is 1.62. The van der Waals surface area contributed by atoms with Crippen molar-refractivity contribution in [3.05, 3.63) is 0 Å². The summed E-state index contributed by atoms with van der Waals surface area (Å²) in [5, 5.41) is 15.3. The van der Waals surface area contributed by atoms with Crippen molar-refractivity contribution in [3.63, 3.8) is 0 Å². The van der Waals surface area contributed by atoms with E-state index in [4.69, 9.17) is 4.74 Å². The quantitative estimate of drug-likeness (QED) is 0.569. The molecule has 3 N–H and O–H groups in total. The van der Waals surface area contributed by atoms with Crippen molar-refractivity contribution in [1.82, 2.24) is 10.6 Å². The highest BCUT2D eigenvalue weighted by molar-refractivity contribution is 5.85. The van der Waals surface area contributed by atoms with Crippen LogP contribution in [-0.4, -0.2) is 50.5 Å². The Hall–Kier alpha value is -0.360. The molecule has 110 valence electrons. The van der Waals surface area contributed by atoms with Crippen molar-refractivity contribution >= 4 is 18.3 Å². The number of ether oxygens (including phenoxy) is 1. The summed E-state index contributed by atoms with van der Waals surface area (Å²) in [6.45, 7) is 7.97. The molecule has 1 amide bonds. The molecule has 0 spiro atoms. The van der Waals surface area contributed by atoms with E-state index in [1.807, 2.05) is 0 Å². The first-order chi connectivity index (χ1) is 7.85. The first kappa shape index (κ1) is 20.0. The molecule has 0 radical (unpaired) electrons. The molecule has 0 rings (SSSR count). The maximum Gasteiger partial charge on any atom is 0.234 e. The fourth-order valence-corrected chi connectivity index (χ4v) is 1.45. The molecule has 1 unspecified atom stereocenters. The second kappa shape index (κ2) is 10.6. The van der Waals surface area contributed by atoms with Crippen LogP contribution in [0.4, 0.5) is 0 Å². The standard InChI is InChI=1S/C12H26N2O3.ClH/c1-12(2,3)7-10(15)8-14-11(16)9-13-5-6-17-4;/h10,13,15H,5-9H2,1-4H3,(H,14,16);1H. The lowest BCUT2D eigenvalue weighted by molar-refractivity contribution is -0.120. The Bertz CT molecular complexity index is 220. The molecule has 0 saturated carbocycles. The van der Waals surface area contributed by atoms with Crippen molar-refractivity contribution in [1.29, 1.82) is 0 Å². The normalized spacial score (nSPS) is 12.7. The van der Waals surface area contributed by atoms with Gasteiger partial charge in [0, 0.05) is 20.2 Å². The lowest BCUT2D eigenvalue weighted by atomic mass is 9.89. The van der Waals surface area contributed by atoms with Gasteiger partial charge in [-0.05, 0) is 11.8 Å². The van der Waals surface area contributed by atoms with E-state index in [9.17, 15) is 9.90 Å². The number of amides is 1. The molecule has 18 heavy (non-hydrogen) atoms. The van der Waals surface area contributed by atoms with E-state index in [0.717, 1.165) is 0 Å². The lowest BCUT2D eigenvalue weighted by Gasteiger charge is -2.22. The Labute approximate surface area is 116 Å². The Morgan fingerprint density at radius 3 is 2.50 bits per heavy atom. The molecule has 0 aliphatic rings. The second-order valence-corrected chi connectivity index (χ2v) is 5.39. The minimum Gasteiger partial charge on any atom is -0.391 e. The van der Waals surface area contributed by atoms with Crippen molar-refractivity contribution in [2.45, 2.75) is 33.3 Å². The topological polar surface area (TPSA) is 70.6 Å². The number of methoxy groups -OCH3 is 1. The molecule has 0 aliphatic carbocycles. The van der Waals surface area contributed by atoms with E-state index < -0.39 is 6.10 Å². The average Bonchev–Trinajstić information content (AvgIpc) is 2.19. The van der Waals surface area contributed by atoms with Gasteiger partial charge in [-0.25, -0.2) is 0 Å². The fourth-order valence-electron chi connectivity index (χ4n) is 1.45. The van der Waals surface area contributed by atoms with Crippen LogP contribution in [0.2, 0.25) is 0 Å². The number of hydrogen-bond acceptors (Lipinski definition) is 4. The number of rotatable bonds is 8. The fraction of sp³-hybridized carbons (Fsp3) is 0.917. The Balaban J connectivity index is 0. The molecule has 0 aromatic heterocycles. The number of nitrogens with one attached hydrogen (secondary N) is 2. The SMILES string of the molecule is COCCNCC(=O)NCC(O)CC(C)(C)C.Cl. The van der Waals surface area contributed by atoms with Crippen LogP contribution in [0.5, 0.6) is 0 Å². The summed E-state index contributed by atoms with van der Waals surface area (Å²) >= 11 is 0. The smallest absolute Gasteiger partial charge is 0.234 e. The summed E-state index contributed by atoms with van der Waals surface area (Å²) in [5.41, 5.74) is 0.0703. The maximum absolute atomic E-state index is 11.4. The molecule has 0 saturated heterocycles. The van der Waals surface area contributed by atoms with Crippen LogP contribution < -0.4 is 10.6 Å². The highest BCUT2D eigenvalue weighted by Gasteiger charge is 2.16. The van der Waals surface area contributed by atoms with E-state index in [2.05, 4.69) is 31.4 Å². The number of halogens is 1. The maximum atomic E-state index is 11.4. The lowest BCUT2D eigenvalue weighted by Crippen LogP contribution is -2.39. The van der Waals surface area contributed by atoms with Crippen LogP contribution in [-0.2, 0) is 9.53 Å². The van der Waals surface area contributed by atoms with Crippen LogP contribution in [0.3, 0.4) is 0 Å². The van der Waals surface area contributed by atoms with Crippen LogP contribution >= 0.6 is 12.4 Å². The van der Waals surface area contributed by atoms with Crippen molar-refractivity contribution in [2.75, 3.05) is 33.4 Å². The largest absolute Gasteiger partial charge is 0.391 e. The van der Waals surface area contributed by atoms with Gasteiger partial charge >= 0.3 is 0 Å². The molecular weight excluding hydrogens is 256 g/mol. The number of carbonyl (C=O) groups is 1. The number of hydrogen-bond donors (Lipinski definition) is 3. The van der Waals surface area contributed by atoms with Crippen molar-refractivity contribution in [3.8, 4) is 0 Å². The zero-order valence-corrected chi connectivity index (χ0v) is 12.6. The van der Waals surface area contributed by atoms with Gasteiger partial charge in [-0.3, -0.25) is 4.79 Å². The molecular formula is C12H27ClN2O3. The first-order valence-electron chi connectivity index (χ1n) is 5.99. The Kier molecular flexibility index (Phi) is 11.7. The number of aliphatic hydroxyl groups is 1. The minimum absolute atomic E-state index is 0. The Morgan fingerprint density at radius 1 is 1.39 bits per heavy atom. The molecule has 0 aromatic carbocycles. The molecule has 0 heterocycles. The third-order valence-electron chi connectivity index (χ3n) is 2.15. The van der Waals surface area contributed by atoms with E-state index in [1.165, 1.54) is 0 Å². The molecule has 0 aromatic rings. The van der Waals surface area contributed by atoms with Gasteiger partial charge in [0.15, 0.2) is 0 Å². The average molecular weight is 283 g/mol. The van der Waals surface area contributed by atoms with Gasteiger partial charge in [-0.2, -0.15) is 0 Å². The predicted molar refractivity (Wildman–Crippen MR) is 75.1 cm³/mol. The van der Waals surface area contributed by atoms with Crippen LogP contribution in [0.15, 0.2) is 0 Å². The van der Waals surface area contributed by atoms with Gasteiger partial charge in [0.2, 0.25) is 5.91 Å². The predicted octanol–water partition coefficient (Wildman–Crippen LogP) is 0.557. The minimum atomic E-state index is -0.488. The van der Waals surface area contributed by atoms with Gasteiger partial charge in [0.25, 0.3) is 0 Å². The highest BCUT2D eigenvalue weighted by atomic mass is 35.5. The summed E-state index contributed by atoms with van der Waals surface area (Å²) in [6, 6.07) is 0. The Morgan fingerprint density at radius 2 is 2.00 bits per heavy atom. The van der Waals surface area contributed by atoms with E-state index >= 15 is 0 Å². The van der Waals surface area contributed by atoms with Crippen LogP contribution in [0.1, 0.15) is 27.2 Å². The first-order valence-corrected chi connectivity index (χ1v) is 5.99. The van der Waals surface area contributed by atoms with Gasteiger partial charge in [0.05, 0.1) is 19.3 Å². The summed E-state index contributed by atoms with van der Waals surface area (Å²) in [4.78, 5) is 11.4. The molecule has 0 fully saturated rings. The van der Waals surface area contributed by atoms with Gasteiger partial charge in [-0.1, -0.05) is 20.8 Å². The summed E-state index contributed by atoms with van der Waals surface area (Å²) < 4.78 is 4.84. The zero-order chi connectivity index (χ0) is 13.3. The van der Waals surface area contributed by atoms with E-state index in [0.29, 0.717) is 26.1 Å². The van der Waals surface area contributed by atoms with Crippen LogP contribution in [0, 0.1) is 5.41 Å². The van der Waals surface area contributed by atoms with Crippen molar-refractivity contribution in [2.24, 2.45) is 5.41 Å². The third-order valence-corrected chi connectivity index (χ3v) is 2.15. The molecule has 6 heteroatoms. The third kappa shape index (κ3) is 13.7. The monoisotopic (exact) mass is 282 g/mol. The van der Waals surface area contributed by atoms with E-state index in [1.54, 1.807) is 7.11 Å². The zero-order valence-electron chi connectivity index (χ0n) is 11.8. The molecule has 5 nitrogen and oxygen atoms in total. The van der Waals surface area contributed by atoms with E-state index in [-0.39, 0.29) is 30.3 Å². The van der Waals surface area contributed by atoms with Gasteiger partial charge in [0.1, 0.15) is 0 Å². The van der Waals surface area contributed by atoms with Gasteiger partial charge < -0.3 is 20.5 Å². The molecule has 0 bridgehead atoms. The number of carbonyl (C=O) groups excluding carboxylic acids is 1. The van der Waals surface area contributed by atoms with Crippen LogP contribution in [0.25, 0.3) is 0 Å². The molecule has 0 aliphatic heterocycles. The second-order valence-electron chi connectivity index (χ2n) is 5.39. The highest BCUT2D eigenvalue weighted by Crippen LogP contribution is 2.20. The van der Waals surface area contributed by atoms with Gasteiger partial charge in [-0.15, -0.1) is 12.4 Å². The van der Waals surface area contributed by atoms with Crippen molar-refractivity contribution < 1.29 is 14.6 Å².